The van der Waals surface area contributed by atoms with Gasteiger partial charge in [0.05, 0.1) is 16.7 Å². The van der Waals surface area contributed by atoms with Gasteiger partial charge in [-0.3, -0.25) is 0 Å². The van der Waals surface area contributed by atoms with Crippen LogP contribution in [-0.4, -0.2) is 4.57 Å². The Morgan fingerprint density at radius 3 is 2.30 bits per heavy atom. The first-order valence-electron chi connectivity index (χ1n) is 16.9. The molecule has 0 radical (unpaired) electrons. The van der Waals surface area contributed by atoms with E-state index in [0.29, 0.717) is 5.92 Å². The Bertz CT molecular complexity index is 2270. The van der Waals surface area contributed by atoms with Crippen molar-refractivity contribution in [2.75, 3.05) is 0 Å². The van der Waals surface area contributed by atoms with Gasteiger partial charge in [-0.05, 0) is 88.7 Å². The molecule has 4 nitrogen and oxygen atoms in total. The normalized spacial score (nSPS) is 20.2. The number of ether oxygens (including phenoxy) is 1. The van der Waals surface area contributed by atoms with Gasteiger partial charge in [0.25, 0.3) is 0 Å². The first-order chi connectivity index (χ1) is 22.1. The van der Waals surface area contributed by atoms with E-state index >= 15 is 0 Å². The Morgan fingerprint density at radius 1 is 0.739 bits per heavy atom. The van der Waals surface area contributed by atoms with Crippen LogP contribution in [0.4, 0.5) is 0 Å². The molecule has 4 heteroatoms. The topological polar surface area (TPSA) is 21.9 Å². The number of nitrogens with zero attached hydrogens (tertiary/aromatic N) is 3. The summed E-state index contributed by atoms with van der Waals surface area (Å²) < 4.78 is 14.7. The molecule has 0 saturated carbocycles. The molecule has 1 atom stereocenters. The highest BCUT2D eigenvalue weighted by molar-refractivity contribution is 5.87. The van der Waals surface area contributed by atoms with Crippen LogP contribution in [0.2, 0.25) is 0 Å². The van der Waals surface area contributed by atoms with Gasteiger partial charge in [-0.1, -0.05) is 77.9 Å². The molecule has 4 aromatic carbocycles. The van der Waals surface area contributed by atoms with Crippen molar-refractivity contribution in [3.05, 3.63) is 131 Å². The maximum atomic E-state index is 7.03. The largest absolute Gasteiger partial charge is 0.448 e. The molecule has 3 aliphatic heterocycles. The van der Waals surface area contributed by atoms with Crippen molar-refractivity contribution in [2.24, 2.45) is 0 Å². The minimum Gasteiger partial charge on any atom is -0.448 e. The third-order valence-corrected chi connectivity index (χ3v) is 11.7. The summed E-state index contributed by atoms with van der Waals surface area (Å²) in [5.41, 5.74) is 13.6. The Balaban J connectivity index is 1.48. The summed E-state index contributed by atoms with van der Waals surface area (Å²) in [4.78, 5) is 0. The van der Waals surface area contributed by atoms with Crippen LogP contribution in [-0.2, 0) is 16.4 Å². The van der Waals surface area contributed by atoms with Crippen molar-refractivity contribution in [3.63, 3.8) is 0 Å². The van der Waals surface area contributed by atoms with Crippen molar-refractivity contribution in [1.82, 2.24) is 4.57 Å². The fourth-order valence-corrected chi connectivity index (χ4v) is 9.37. The van der Waals surface area contributed by atoms with E-state index in [1.807, 2.05) is 0 Å². The Labute approximate surface area is 270 Å². The molecule has 0 amide bonds. The van der Waals surface area contributed by atoms with Gasteiger partial charge in [-0.2, -0.15) is 13.7 Å². The number of aromatic nitrogens is 3. The minimum absolute atomic E-state index is 0.0148. The maximum Gasteiger partial charge on any atom is 0.352 e. The molecule has 6 aromatic rings. The molecule has 0 bridgehead atoms. The number of fused-ring (bicyclic) bond motifs is 9. The lowest BCUT2D eigenvalue weighted by atomic mass is 9.60. The highest BCUT2D eigenvalue weighted by Gasteiger charge is 2.71. The number of para-hydroxylation sites is 1. The van der Waals surface area contributed by atoms with Crippen LogP contribution in [0.5, 0.6) is 11.5 Å². The van der Waals surface area contributed by atoms with Gasteiger partial charge in [0.15, 0.2) is 28.9 Å². The second-order valence-corrected chi connectivity index (χ2v) is 15.5. The summed E-state index contributed by atoms with van der Waals surface area (Å²) in [6.45, 7) is 14.3. The minimum atomic E-state index is -0.603. The van der Waals surface area contributed by atoms with Crippen LogP contribution in [0, 0.1) is 0 Å². The lowest BCUT2D eigenvalue weighted by Crippen LogP contribution is -2.58. The summed E-state index contributed by atoms with van der Waals surface area (Å²) in [6, 6.07) is 34.0. The zero-order chi connectivity index (χ0) is 31.3. The van der Waals surface area contributed by atoms with Crippen molar-refractivity contribution in [1.29, 1.82) is 0 Å². The molecular formula is C42H39N3O+2. The van der Waals surface area contributed by atoms with Gasteiger partial charge in [0, 0.05) is 12.1 Å². The summed E-state index contributed by atoms with van der Waals surface area (Å²) in [5.74, 6) is 3.61. The second kappa shape index (κ2) is 8.36. The van der Waals surface area contributed by atoms with Gasteiger partial charge in [-0.15, -0.1) is 0 Å². The van der Waals surface area contributed by atoms with Gasteiger partial charge in [-0.25, -0.2) is 0 Å². The number of imidazole rings is 1. The average molecular weight is 602 g/mol. The van der Waals surface area contributed by atoms with Gasteiger partial charge in [0.2, 0.25) is 11.2 Å². The highest BCUT2D eigenvalue weighted by Crippen LogP contribution is 2.61. The smallest absolute Gasteiger partial charge is 0.352 e. The van der Waals surface area contributed by atoms with Crippen molar-refractivity contribution in [2.45, 2.75) is 76.7 Å². The number of hydrogen-bond donors (Lipinski definition) is 0. The lowest BCUT2D eigenvalue weighted by Gasteiger charge is -2.43. The summed E-state index contributed by atoms with van der Waals surface area (Å²) in [5, 5.41) is 0. The third kappa shape index (κ3) is 2.93. The molecule has 0 saturated heterocycles. The highest BCUT2D eigenvalue weighted by atomic mass is 16.5. The zero-order valence-corrected chi connectivity index (χ0v) is 27.5. The molecule has 4 aliphatic rings. The van der Waals surface area contributed by atoms with Gasteiger partial charge < -0.3 is 4.74 Å². The van der Waals surface area contributed by atoms with Crippen LogP contribution in [0.1, 0.15) is 93.9 Å². The molecule has 1 unspecified atom stereocenters. The Kier molecular flexibility index (Phi) is 4.82. The molecular weight excluding hydrogens is 562 g/mol. The first kappa shape index (κ1) is 26.5. The van der Waals surface area contributed by atoms with E-state index in [4.69, 9.17) is 4.74 Å². The molecule has 46 heavy (non-hydrogen) atoms. The van der Waals surface area contributed by atoms with Crippen molar-refractivity contribution in [3.8, 4) is 34.1 Å². The summed E-state index contributed by atoms with van der Waals surface area (Å²) >= 11 is 0. The van der Waals surface area contributed by atoms with Crippen LogP contribution >= 0.6 is 0 Å². The predicted molar refractivity (Wildman–Crippen MR) is 182 cm³/mol. The third-order valence-electron chi connectivity index (χ3n) is 11.7. The number of pyridine rings is 1. The number of rotatable bonds is 2. The van der Waals surface area contributed by atoms with E-state index in [0.717, 1.165) is 29.9 Å². The predicted octanol–water partition coefficient (Wildman–Crippen LogP) is 8.91. The quantitative estimate of drug-likeness (QED) is 0.181. The van der Waals surface area contributed by atoms with E-state index in [1.54, 1.807) is 0 Å². The van der Waals surface area contributed by atoms with Gasteiger partial charge >= 0.3 is 11.4 Å². The molecule has 226 valence electrons. The molecule has 0 fully saturated rings. The average Bonchev–Trinajstić information content (AvgIpc) is 3.66. The van der Waals surface area contributed by atoms with E-state index < -0.39 is 5.54 Å². The number of hydrogen-bond acceptors (Lipinski definition) is 1. The number of benzene rings is 4. The van der Waals surface area contributed by atoms with Crippen LogP contribution in [0.3, 0.4) is 0 Å². The van der Waals surface area contributed by atoms with E-state index in [9.17, 15) is 0 Å². The zero-order valence-electron chi connectivity index (χ0n) is 27.5. The molecule has 10 rings (SSSR count). The molecule has 1 spiro atoms. The molecule has 2 aromatic heterocycles. The second-order valence-electron chi connectivity index (χ2n) is 15.5. The summed E-state index contributed by atoms with van der Waals surface area (Å²) in [7, 11) is 0. The first-order valence-corrected chi connectivity index (χ1v) is 16.9. The van der Waals surface area contributed by atoms with Gasteiger partial charge in [0.1, 0.15) is 5.69 Å². The van der Waals surface area contributed by atoms with Crippen molar-refractivity contribution >= 4 is 11.0 Å². The SMILES string of the molecule is CC(C)c1ccc(-n2c3[n+]4c5c(cccc52)Oc2cc5c(c(c2-4)C32c3ccccc3-c3cccc[n+]32)C(C)(C)CCC5(C)C)cc1. The van der Waals surface area contributed by atoms with Crippen LogP contribution in [0.15, 0.2) is 97.2 Å². The van der Waals surface area contributed by atoms with E-state index in [-0.39, 0.29) is 10.8 Å². The van der Waals surface area contributed by atoms with E-state index in [1.165, 1.54) is 61.8 Å². The van der Waals surface area contributed by atoms with E-state index in [2.05, 4.69) is 152 Å². The maximum absolute atomic E-state index is 7.03. The lowest BCUT2D eigenvalue weighted by molar-refractivity contribution is -0.733. The Morgan fingerprint density at radius 2 is 1.50 bits per heavy atom. The monoisotopic (exact) mass is 601 g/mol. The fraction of sp³-hybridized carbons (Fsp3) is 0.286. The fourth-order valence-electron chi connectivity index (χ4n) is 9.37. The summed E-state index contributed by atoms with van der Waals surface area (Å²) in [6.07, 6.45) is 4.60. The molecule has 1 aliphatic carbocycles. The van der Waals surface area contributed by atoms with Crippen LogP contribution < -0.4 is 13.9 Å². The molecule has 5 heterocycles. The standard InChI is InChI=1S/C42H39N3O/c1-25(2)26-17-19-27(20-18-26)44-32-15-11-16-33-37(32)45-38-34(46-33)24-30-35(41(5,6)22-21-40(30,3)4)36(38)42(39(44)45)29-13-8-7-12-28(29)31-14-9-10-23-43(31)42/h7-20,23-25H,21-22H2,1-6H3/q+2. The van der Waals surface area contributed by atoms with Crippen molar-refractivity contribution < 1.29 is 13.9 Å². The molecule has 0 N–H and O–H groups in total. The Hall–Kier alpha value is -4.70. The van der Waals surface area contributed by atoms with Crippen LogP contribution in [0.25, 0.3) is 33.7 Å².